The molecule has 2 aliphatic rings. The molecule has 0 radical (unpaired) electrons. The van der Waals surface area contributed by atoms with Crippen LogP contribution in [-0.2, 0) is 9.59 Å². The van der Waals surface area contributed by atoms with Crippen LogP contribution in [0.2, 0.25) is 0 Å². The predicted octanol–water partition coefficient (Wildman–Crippen LogP) is 1.79. The Morgan fingerprint density at radius 3 is 2.54 bits per heavy atom. The molecule has 0 saturated carbocycles. The van der Waals surface area contributed by atoms with Gasteiger partial charge in [-0.25, -0.2) is 4.98 Å². The predicted molar refractivity (Wildman–Crippen MR) is 106 cm³/mol. The van der Waals surface area contributed by atoms with Gasteiger partial charge in [0.1, 0.15) is 11.6 Å². The van der Waals surface area contributed by atoms with Gasteiger partial charge < -0.3 is 19.4 Å². The quantitative estimate of drug-likeness (QED) is 0.809. The summed E-state index contributed by atoms with van der Waals surface area (Å²) in [6.07, 6.45) is 2.03. The van der Waals surface area contributed by atoms with Gasteiger partial charge in [-0.2, -0.15) is 0 Å². The number of hydrogen-bond donors (Lipinski definition) is 0. The Balaban J connectivity index is 1.39. The van der Waals surface area contributed by atoms with E-state index in [9.17, 15) is 9.59 Å². The lowest BCUT2D eigenvalue weighted by Gasteiger charge is -2.36. The van der Waals surface area contributed by atoms with Crippen LogP contribution in [0.4, 0.5) is 11.5 Å². The van der Waals surface area contributed by atoms with Crippen molar-refractivity contribution in [3.63, 3.8) is 0 Å². The van der Waals surface area contributed by atoms with Gasteiger partial charge in [0, 0.05) is 45.3 Å². The minimum atomic E-state index is -0.307. The molecule has 0 N–H and O–H groups in total. The number of aromatic nitrogens is 1. The number of carbonyl (C=O) groups is 2. The van der Waals surface area contributed by atoms with Gasteiger partial charge in [0.15, 0.2) is 0 Å². The van der Waals surface area contributed by atoms with E-state index in [4.69, 9.17) is 4.74 Å². The van der Waals surface area contributed by atoms with Crippen LogP contribution in [0.5, 0.6) is 5.75 Å². The van der Waals surface area contributed by atoms with Crippen LogP contribution in [-0.4, -0.2) is 61.5 Å². The molecule has 2 fully saturated rings. The van der Waals surface area contributed by atoms with E-state index in [0.29, 0.717) is 25.4 Å². The topological polar surface area (TPSA) is 66.0 Å². The standard InChI is InChI=1S/C21H24N4O3/c1-28-18-7-3-2-6-17(18)25-15-16(14-20(25)26)21(27)24-12-10-23(11-13-24)19-8-4-5-9-22-19/h2-9,16H,10-15H2,1H3. The van der Waals surface area contributed by atoms with Crippen LogP contribution in [0, 0.1) is 5.92 Å². The maximum absolute atomic E-state index is 13.0. The molecule has 4 rings (SSSR count). The average molecular weight is 380 g/mol. The van der Waals surface area contributed by atoms with Gasteiger partial charge in [-0.3, -0.25) is 9.59 Å². The number of nitrogens with zero attached hydrogens (tertiary/aromatic N) is 4. The summed E-state index contributed by atoms with van der Waals surface area (Å²) in [5.41, 5.74) is 0.727. The number of ether oxygens (including phenoxy) is 1. The molecule has 7 nitrogen and oxygen atoms in total. The van der Waals surface area contributed by atoms with Crippen LogP contribution < -0.4 is 14.5 Å². The first-order valence-electron chi connectivity index (χ1n) is 9.55. The van der Waals surface area contributed by atoms with Gasteiger partial charge in [-0.1, -0.05) is 18.2 Å². The molecule has 7 heteroatoms. The van der Waals surface area contributed by atoms with Crippen molar-refractivity contribution in [2.24, 2.45) is 5.92 Å². The Morgan fingerprint density at radius 1 is 1.07 bits per heavy atom. The summed E-state index contributed by atoms with van der Waals surface area (Å²) in [5, 5.41) is 0. The third kappa shape index (κ3) is 3.52. The number of anilines is 2. The second-order valence-corrected chi connectivity index (χ2v) is 7.08. The molecule has 0 aliphatic carbocycles. The first-order valence-corrected chi connectivity index (χ1v) is 9.55. The fourth-order valence-corrected chi connectivity index (χ4v) is 3.91. The third-order valence-electron chi connectivity index (χ3n) is 5.41. The molecule has 2 aromatic rings. The first-order chi connectivity index (χ1) is 13.7. The lowest BCUT2D eigenvalue weighted by molar-refractivity contribution is -0.136. The molecule has 1 unspecified atom stereocenters. The zero-order valence-corrected chi connectivity index (χ0v) is 16.0. The van der Waals surface area contributed by atoms with Crippen molar-refractivity contribution < 1.29 is 14.3 Å². The second-order valence-electron chi connectivity index (χ2n) is 7.08. The summed E-state index contributed by atoms with van der Waals surface area (Å²) < 4.78 is 5.37. The summed E-state index contributed by atoms with van der Waals surface area (Å²) in [6, 6.07) is 13.3. The number of carbonyl (C=O) groups excluding carboxylic acids is 2. The molecule has 146 valence electrons. The maximum Gasteiger partial charge on any atom is 0.228 e. The van der Waals surface area contributed by atoms with Gasteiger partial charge in [-0.05, 0) is 24.3 Å². The fourth-order valence-electron chi connectivity index (χ4n) is 3.91. The van der Waals surface area contributed by atoms with Crippen molar-refractivity contribution in [1.29, 1.82) is 0 Å². The number of methoxy groups -OCH3 is 1. The molecular formula is C21H24N4O3. The van der Waals surface area contributed by atoms with E-state index in [-0.39, 0.29) is 24.2 Å². The molecule has 2 saturated heterocycles. The highest BCUT2D eigenvalue weighted by Gasteiger charge is 2.38. The normalized spacial score (nSPS) is 19.8. The third-order valence-corrected chi connectivity index (χ3v) is 5.41. The highest BCUT2D eigenvalue weighted by Crippen LogP contribution is 2.33. The van der Waals surface area contributed by atoms with E-state index in [1.807, 2.05) is 47.4 Å². The summed E-state index contributed by atoms with van der Waals surface area (Å²) in [6.45, 7) is 3.20. The van der Waals surface area contributed by atoms with Crippen molar-refractivity contribution >= 4 is 23.3 Å². The van der Waals surface area contributed by atoms with Gasteiger partial charge >= 0.3 is 0 Å². The largest absolute Gasteiger partial charge is 0.495 e. The Hall–Kier alpha value is -3.09. The van der Waals surface area contributed by atoms with Crippen molar-refractivity contribution in [1.82, 2.24) is 9.88 Å². The fraction of sp³-hybridized carbons (Fsp3) is 0.381. The van der Waals surface area contributed by atoms with E-state index in [1.165, 1.54) is 0 Å². The second kappa shape index (κ2) is 7.88. The molecule has 1 aromatic heterocycles. The monoisotopic (exact) mass is 380 g/mol. The number of benzene rings is 1. The summed E-state index contributed by atoms with van der Waals surface area (Å²) in [4.78, 5) is 35.7. The highest BCUT2D eigenvalue weighted by molar-refractivity contribution is 6.01. The summed E-state index contributed by atoms with van der Waals surface area (Å²) in [5.74, 6) is 1.31. The van der Waals surface area contributed by atoms with Crippen molar-refractivity contribution in [2.45, 2.75) is 6.42 Å². The molecule has 2 amide bonds. The number of hydrogen-bond acceptors (Lipinski definition) is 5. The molecule has 0 bridgehead atoms. The van der Waals surface area contributed by atoms with E-state index in [2.05, 4.69) is 9.88 Å². The Kier molecular flexibility index (Phi) is 5.14. The minimum absolute atomic E-state index is 0.0324. The van der Waals surface area contributed by atoms with Gasteiger partial charge in [-0.15, -0.1) is 0 Å². The average Bonchev–Trinajstić information content (AvgIpc) is 3.15. The lowest BCUT2D eigenvalue weighted by Crippen LogP contribution is -2.51. The zero-order valence-electron chi connectivity index (χ0n) is 16.0. The Labute approximate surface area is 164 Å². The maximum atomic E-state index is 13.0. The molecule has 1 atom stereocenters. The summed E-state index contributed by atoms with van der Waals surface area (Å²) in [7, 11) is 1.59. The van der Waals surface area contributed by atoms with Crippen LogP contribution in [0.25, 0.3) is 0 Å². The number of para-hydroxylation sites is 2. The number of pyridine rings is 1. The molecule has 1 aromatic carbocycles. The van der Waals surface area contributed by atoms with Crippen LogP contribution in [0.3, 0.4) is 0 Å². The van der Waals surface area contributed by atoms with Gasteiger partial charge in [0.25, 0.3) is 0 Å². The van der Waals surface area contributed by atoms with Crippen molar-refractivity contribution in [2.75, 3.05) is 49.6 Å². The zero-order chi connectivity index (χ0) is 19.5. The van der Waals surface area contributed by atoms with E-state index >= 15 is 0 Å². The Morgan fingerprint density at radius 2 is 1.82 bits per heavy atom. The highest BCUT2D eigenvalue weighted by atomic mass is 16.5. The van der Waals surface area contributed by atoms with E-state index < -0.39 is 0 Å². The number of piperazine rings is 1. The van der Waals surface area contributed by atoms with Crippen LogP contribution in [0.1, 0.15) is 6.42 Å². The van der Waals surface area contributed by atoms with E-state index in [0.717, 1.165) is 24.6 Å². The van der Waals surface area contributed by atoms with Gasteiger partial charge in [0.2, 0.25) is 11.8 Å². The first kappa shape index (κ1) is 18.3. The smallest absolute Gasteiger partial charge is 0.228 e. The molecule has 28 heavy (non-hydrogen) atoms. The van der Waals surface area contributed by atoms with Gasteiger partial charge in [0.05, 0.1) is 18.7 Å². The van der Waals surface area contributed by atoms with Crippen molar-refractivity contribution in [3.05, 3.63) is 48.7 Å². The molecular weight excluding hydrogens is 356 g/mol. The van der Waals surface area contributed by atoms with Crippen LogP contribution in [0.15, 0.2) is 48.7 Å². The SMILES string of the molecule is COc1ccccc1N1CC(C(=O)N2CCN(c3ccccn3)CC2)CC1=O. The molecule has 3 heterocycles. The summed E-state index contributed by atoms with van der Waals surface area (Å²) >= 11 is 0. The minimum Gasteiger partial charge on any atom is -0.495 e. The Bertz CT molecular complexity index is 850. The number of rotatable bonds is 4. The molecule has 0 spiro atoms. The van der Waals surface area contributed by atoms with E-state index in [1.54, 1.807) is 18.2 Å². The number of amides is 2. The molecule has 2 aliphatic heterocycles. The van der Waals surface area contributed by atoms with Crippen LogP contribution >= 0.6 is 0 Å². The lowest BCUT2D eigenvalue weighted by atomic mass is 10.1. The van der Waals surface area contributed by atoms with Crippen molar-refractivity contribution in [3.8, 4) is 5.75 Å².